The Hall–Kier alpha value is -1.36. The SMILES string of the molecule is O=C(O)C1=CC(C(=O)O)CNC1. The van der Waals surface area contributed by atoms with E-state index in [1.165, 1.54) is 6.08 Å². The molecule has 3 N–H and O–H groups in total. The van der Waals surface area contributed by atoms with Crippen molar-refractivity contribution in [1.82, 2.24) is 5.32 Å². The van der Waals surface area contributed by atoms with Crippen LogP contribution in [0.4, 0.5) is 0 Å². The summed E-state index contributed by atoms with van der Waals surface area (Å²) >= 11 is 0. The van der Waals surface area contributed by atoms with E-state index in [4.69, 9.17) is 10.2 Å². The Morgan fingerprint density at radius 2 is 2.17 bits per heavy atom. The molecule has 0 saturated carbocycles. The van der Waals surface area contributed by atoms with Gasteiger partial charge in [0.2, 0.25) is 0 Å². The van der Waals surface area contributed by atoms with Gasteiger partial charge in [0.15, 0.2) is 0 Å². The van der Waals surface area contributed by atoms with Gasteiger partial charge in [-0.2, -0.15) is 0 Å². The summed E-state index contributed by atoms with van der Waals surface area (Å²) in [6.45, 7) is 0.533. The fourth-order valence-electron chi connectivity index (χ4n) is 1.03. The largest absolute Gasteiger partial charge is 0.481 e. The Morgan fingerprint density at radius 1 is 1.50 bits per heavy atom. The first-order valence-electron chi connectivity index (χ1n) is 3.49. The molecule has 0 aromatic carbocycles. The molecular weight excluding hydrogens is 162 g/mol. The molecule has 0 aromatic heterocycles. The van der Waals surface area contributed by atoms with Gasteiger partial charge in [0.05, 0.1) is 5.92 Å². The van der Waals surface area contributed by atoms with E-state index >= 15 is 0 Å². The number of carboxylic acid groups (broad SMARTS) is 2. The molecule has 1 aliphatic rings. The first kappa shape index (κ1) is 8.73. The fraction of sp³-hybridized carbons (Fsp3) is 0.429. The van der Waals surface area contributed by atoms with Crippen LogP contribution in [0.1, 0.15) is 0 Å². The van der Waals surface area contributed by atoms with Crippen LogP contribution in [-0.4, -0.2) is 35.2 Å². The van der Waals surface area contributed by atoms with Crippen molar-refractivity contribution in [3.63, 3.8) is 0 Å². The zero-order chi connectivity index (χ0) is 9.14. The number of aliphatic carboxylic acids is 2. The lowest BCUT2D eigenvalue weighted by Crippen LogP contribution is -2.35. The van der Waals surface area contributed by atoms with Crippen molar-refractivity contribution in [2.45, 2.75) is 0 Å². The molecule has 1 heterocycles. The molecule has 12 heavy (non-hydrogen) atoms. The molecule has 5 heteroatoms. The van der Waals surface area contributed by atoms with E-state index in [9.17, 15) is 9.59 Å². The molecule has 0 bridgehead atoms. The van der Waals surface area contributed by atoms with Gasteiger partial charge in [0.1, 0.15) is 0 Å². The van der Waals surface area contributed by atoms with E-state index < -0.39 is 17.9 Å². The van der Waals surface area contributed by atoms with Crippen LogP contribution in [0.5, 0.6) is 0 Å². The average molecular weight is 171 g/mol. The summed E-state index contributed by atoms with van der Waals surface area (Å²) in [5.74, 6) is -2.78. The van der Waals surface area contributed by atoms with Crippen LogP contribution in [0.3, 0.4) is 0 Å². The first-order chi connectivity index (χ1) is 5.61. The van der Waals surface area contributed by atoms with Crippen molar-refractivity contribution in [1.29, 1.82) is 0 Å². The topological polar surface area (TPSA) is 86.6 Å². The van der Waals surface area contributed by atoms with Crippen LogP contribution < -0.4 is 5.32 Å². The molecule has 0 aromatic rings. The molecule has 0 aliphatic carbocycles. The molecule has 0 spiro atoms. The number of carbonyl (C=O) groups is 2. The second kappa shape index (κ2) is 3.36. The highest BCUT2D eigenvalue weighted by Gasteiger charge is 2.21. The Bertz CT molecular complexity index is 246. The van der Waals surface area contributed by atoms with Gasteiger partial charge in [-0.05, 0) is 0 Å². The Kier molecular flexibility index (Phi) is 2.44. The smallest absolute Gasteiger partial charge is 0.332 e. The number of rotatable bonds is 2. The number of nitrogens with one attached hydrogen (secondary N) is 1. The number of hydrogen-bond acceptors (Lipinski definition) is 3. The van der Waals surface area contributed by atoms with E-state index in [0.717, 1.165) is 0 Å². The van der Waals surface area contributed by atoms with Crippen molar-refractivity contribution >= 4 is 11.9 Å². The maximum absolute atomic E-state index is 10.4. The van der Waals surface area contributed by atoms with Crippen molar-refractivity contribution < 1.29 is 19.8 Å². The predicted octanol–water partition coefficient (Wildman–Crippen LogP) is -0.699. The quantitative estimate of drug-likeness (QED) is 0.511. The van der Waals surface area contributed by atoms with Crippen LogP contribution in [0.25, 0.3) is 0 Å². The van der Waals surface area contributed by atoms with Gasteiger partial charge >= 0.3 is 11.9 Å². The lowest BCUT2D eigenvalue weighted by atomic mass is 10.0. The monoisotopic (exact) mass is 171 g/mol. The predicted molar refractivity (Wildman–Crippen MR) is 39.7 cm³/mol. The first-order valence-corrected chi connectivity index (χ1v) is 3.49. The lowest BCUT2D eigenvalue weighted by molar-refractivity contribution is -0.140. The average Bonchev–Trinajstić information content (AvgIpc) is 2.04. The highest BCUT2D eigenvalue weighted by molar-refractivity contribution is 5.88. The maximum atomic E-state index is 10.4. The van der Waals surface area contributed by atoms with Crippen molar-refractivity contribution in [3.05, 3.63) is 11.6 Å². The van der Waals surface area contributed by atoms with Crippen LogP contribution in [0.2, 0.25) is 0 Å². The van der Waals surface area contributed by atoms with Crippen molar-refractivity contribution in [3.8, 4) is 0 Å². The van der Waals surface area contributed by atoms with E-state index in [-0.39, 0.29) is 12.1 Å². The highest BCUT2D eigenvalue weighted by atomic mass is 16.4. The minimum absolute atomic E-state index is 0.119. The maximum Gasteiger partial charge on any atom is 0.332 e. The zero-order valence-electron chi connectivity index (χ0n) is 6.28. The van der Waals surface area contributed by atoms with E-state index in [1.54, 1.807) is 0 Å². The van der Waals surface area contributed by atoms with Crippen LogP contribution in [-0.2, 0) is 9.59 Å². The molecule has 1 unspecified atom stereocenters. The molecule has 0 fully saturated rings. The van der Waals surface area contributed by atoms with Gasteiger partial charge in [0, 0.05) is 18.7 Å². The molecule has 1 aliphatic heterocycles. The van der Waals surface area contributed by atoms with Gasteiger partial charge in [-0.3, -0.25) is 4.79 Å². The third kappa shape index (κ3) is 1.82. The van der Waals surface area contributed by atoms with Crippen LogP contribution in [0, 0.1) is 5.92 Å². The summed E-state index contributed by atoms with van der Waals surface area (Å²) in [6, 6.07) is 0. The van der Waals surface area contributed by atoms with Crippen molar-refractivity contribution in [2.24, 2.45) is 5.92 Å². The summed E-state index contributed by atoms with van der Waals surface area (Å²) < 4.78 is 0. The second-order valence-electron chi connectivity index (χ2n) is 2.57. The molecular formula is C7H9NO4. The second-order valence-corrected chi connectivity index (χ2v) is 2.57. The summed E-state index contributed by atoms with van der Waals surface area (Å²) in [5.41, 5.74) is 0.119. The zero-order valence-corrected chi connectivity index (χ0v) is 6.28. The van der Waals surface area contributed by atoms with Gasteiger partial charge in [-0.1, -0.05) is 6.08 Å². The van der Waals surface area contributed by atoms with Crippen LogP contribution >= 0.6 is 0 Å². The molecule has 1 atom stereocenters. The summed E-state index contributed by atoms with van der Waals surface area (Å²) in [7, 11) is 0. The van der Waals surface area contributed by atoms with E-state index in [1.807, 2.05) is 0 Å². The molecule has 0 saturated heterocycles. The summed E-state index contributed by atoms with van der Waals surface area (Å²) in [6.07, 6.45) is 1.28. The number of hydrogen-bond donors (Lipinski definition) is 3. The third-order valence-electron chi connectivity index (χ3n) is 1.67. The molecule has 5 nitrogen and oxygen atoms in total. The van der Waals surface area contributed by atoms with Gasteiger partial charge in [-0.25, -0.2) is 4.79 Å². The fourth-order valence-corrected chi connectivity index (χ4v) is 1.03. The minimum Gasteiger partial charge on any atom is -0.481 e. The molecule has 0 radical (unpaired) electrons. The highest BCUT2D eigenvalue weighted by Crippen LogP contribution is 2.08. The minimum atomic E-state index is -1.06. The third-order valence-corrected chi connectivity index (χ3v) is 1.67. The Balaban J connectivity index is 2.76. The summed E-state index contributed by atoms with van der Waals surface area (Å²) in [4.78, 5) is 20.9. The van der Waals surface area contributed by atoms with Crippen LogP contribution in [0.15, 0.2) is 11.6 Å². The standard InChI is InChI=1S/C7H9NO4/c9-6(10)4-1-5(7(11)12)3-8-2-4/h1,4,8H,2-3H2,(H,9,10)(H,11,12). The van der Waals surface area contributed by atoms with Gasteiger partial charge in [0.25, 0.3) is 0 Å². The van der Waals surface area contributed by atoms with Gasteiger partial charge in [-0.15, -0.1) is 0 Å². The van der Waals surface area contributed by atoms with E-state index in [2.05, 4.69) is 5.32 Å². The van der Waals surface area contributed by atoms with E-state index in [0.29, 0.717) is 6.54 Å². The normalized spacial score (nSPS) is 23.0. The van der Waals surface area contributed by atoms with Crippen molar-refractivity contribution in [2.75, 3.05) is 13.1 Å². The molecule has 0 amide bonds. The Labute approximate surface area is 68.7 Å². The Morgan fingerprint density at radius 3 is 2.67 bits per heavy atom. The number of carboxylic acids is 2. The molecule has 66 valence electrons. The van der Waals surface area contributed by atoms with Gasteiger partial charge < -0.3 is 15.5 Å². The molecule has 1 rings (SSSR count). The summed E-state index contributed by atoms with van der Waals surface area (Å²) in [5, 5.41) is 19.8. The lowest BCUT2D eigenvalue weighted by Gasteiger charge is -2.16.